The van der Waals surface area contributed by atoms with Crippen LogP contribution in [0.2, 0.25) is 5.15 Å². The number of hydroxylamine groups is 2. The van der Waals surface area contributed by atoms with Crippen molar-refractivity contribution in [2.45, 2.75) is 25.1 Å². The minimum Gasteiger partial charge on any atom is -0.382 e. The highest BCUT2D eigenvalue weighted by molar-refractivity contribution is 6.34. The van der Waals surface area contributed by atoms with Gasteiger partial charge in [0.05, 0.1) is 0 Å². The molecule has 0 atom stereocenters. The zero-order chi connectivity index (χ0) is 18.0. The molecule has 5 nitrogen and oxygen atoms in total. The van der Waals surface area contributed by atoms with Gasteiger partial charge >= 0.3 is 12.1 Å². The number of nitrogens with one attached hydrogen (secondary N) is 1. The molecular weight excluding hydrogens is 359 g/mol. The van der Waals surface area contributed by atoms with E-state index in [9.17, 15) is 18.0 Å². The summed E-state index contributed by atoms with van der Waals surface area (Å²) in [5.74, 6) is -2.19. The van der Waals surface area contributed by atoms with Crippen LogP contribution >= 0.6 is 11.6 Å². The monoisotopic (exact) mass is 373 g/mol. The molecule has 1 saturated heterocycles. The first-order chi connectivity index (χ1) is 11.8. The summed E-state index contributed by atoms with van der Waals surface area (Å²) >= 11 is 6.09. The molecule has 134 valence electrons. The van der Waals surface area contributed by atoms with Crippen molar-refractivity contribution in [3.63, 3.8) is 0 Å². The van der Waals surface area contributed by atoms with Crippen molar-refractivity contribution >= 4 is 34.0 Å². The SMILES string of the molecule is O=C(ON1CCC(Nc2cccc3c(Cl)nccc23)CC1)C(F)(F)F. The molecule has 1 aliphatic rings. The van der Waals surface area contributed by atoms with Gasteiger partial charge in [-0.05, 0) is 25.0 Å². The molecule has 2 heterocycles. The van der Waals surface area contributed by atoms with Gasteiger partial charge in [0.15, 0.2) is 0 Å². The van der Waals surface area contributed by atoms with Crippen LogP contribution in [0.4, 0.5) is 18.9 Å². The highest BCUT2D eigenvalue weighted by atomic mass is 35.5. The summed E-state index contributed by atoms with van der Waals surface area (Å²) in [6.45, 7) is 0.457. The molecule has 1 aromatic heterocycles. The van der Waals surface area contributed by atoms with Gasteiger partial charge in [0.2, 0.25) is 0 Å². The number of halogens is 4. The van der Waals surface area contributed by atoms with Crippen molar-refractivity contribution in [2.75, 3.05) is 18.4 Å². The Bertz CT molecular complexity index is 777. The van der Waals surface area contributed by atoms with E-state index in [0.29, 0.717) is 18.0 Å². The van der Waals surface area contributed by atoms with Crippen molar-refractivity contribution in [3.8, 4) is 0 Å². The number of rotatable bonds is 3. The van der Waals surface area contributed by atoms with E-state index in [1.165, 1.54) is 0 Å². The van der Waals surface area contributed by atoms with Crippen LogP contribution in [0.15, 0.2) is 30.5 Å². The van der Waals surface area contributed by atoms with E-state index in [0.717, 1.165) is 21.5 Å². The normalized spacial score (nSPS) is 16.8. The first-order valence-corrected chi connectivity index (χ1v) is 8.06. The Morgan fingerprint density at radius 2 is 1.96 bits per heavy atom. The number of hydrogen-bond acceptors (Lipinski definition) is 5. The van der Waals surface area contributed by atoms with E-state index in [1.54, 1.807) is 6.20 Å². The number of benzene rings is 1. The standard InChI is InChI=1S/C16H15ClF3N3O2/c17-14-12-2-1-3-13(11(12)4-7-21-14)22-10-5-8-23(9-6-10)25-15(24)16(18,19)20/h1-4,7,10,22H,5-6,8-9H2. The fraction of sp³-hybridized carbons (Fsp3) is 0.375. The molecule has 0 bridgehead atoms. The predicted molar refractivity (Wildman–Crippen MR) is 87.1 cm³/mol. The second-order valence-corrected chi connectivity index (χ2v) is 6.08. The third kappa shape index (κ3) is 4.13. The Hall–Kier alpha value is -2.06. The van der Waals surface area contributed by atoms with Crippen LogP contribution in [0, 0.1) is 0 Å². The largest absolute Gasteiger partial charge is 0.492 e. The quantitative estimate of drug-likeness (QED) is 0.830. The van der Waals surface area contributed by atoms with Crippen LogP contribution in [0.1, 0.15) is 12.8 Å². The minimum absolute atomic E-state index is 0.0541. The Morgan fingerprint density at radius 1 is 1.24 bits per heavy atom. The Balaban J connectivity index is 1.62. The minimum atomic E-state index is -4.98. The Morgan fingerprint density at radius 3 is 2.64 bits per heavy atom. The second kappa shape index (κ2) is 7.05. The summed E-state index contributed by atoms with van der Waals surface area (Å²) in [6.07, 6.45) is -2.28. The number of fused-ring (bicyclic) bond motifs is 1. The van der Waals surface area contributed by atoms with Gasteiger partial charge in [0.25, 0.3) is 0 Å². The number of carbonyl (C=O) groups excluding carboxylic acids is 1. The number of pyridine rings is 1. The molecular formula is C16H15ClF3N3O2. The number of hydrogen-bond donors (Lipinski definition) is 1. The number of anilines is 1. The van der Waals surface area contributed by atoms with Crippen molar-refractivity contribution in [2.24, 2.45) is 0 Å². The fourth-order valence-electron chi connectivity index (χ4n) is 2.78. The lowest BCUT2D eigenvalue weighted by atomic mass is 10.0. The molecule has 0 radical (unpaired) electrons. The van der Waals surface area contributed by atoms with Crippen LogP contribution in [0.5, 0.6) is 0 Å². The summed E-state index contributed by atoms with van der Waals surface area (Å²) in [5.41, 5.74) is 0.882. The lowest BCUT2D eigenvalue weighted by Gasteiger charge is -2.31. The van der Waals surface area contributed by atoms with Crippen molar-refractivity contribution in [1.82, 2.24) is 10.0 Å². The van der Waals surface area contributed by atoms with E-state index in [2.05, 4.69) is 15.1 Å². The van der Waals surface area contributed by atoms with Gasteiger partial charge in [-0.1, -0.05) is 23.7 Å². The molecule has 1 aromatic carbocycles. The molecule has 1 aliphatic heterocycles. The second-order valence-electron chi connectivity index (χ2n) is 5.73. The molecule has 0 unspecified atom stereocenters. The molecule has 1 fully saturated rings. The lowest BCUT2D eigenvalue weighted by molar-refractivity contribution is -0.241. The number of alkyl halides is 3. The third-order valence-electron chi connectivity index (χ3n) is 4.01. The lowest BCUT2D eigenvalue weighted by Crippen LogP contribution is -2.42. The van der Waals surface area contributed by atoms with Gasteiger partial charge in [-0.15, -0.1) is 5.06 Å². The summed E-state index contributed by atoms with van der Waals surface area (Å²) in [5, 5.41) is 6.59. The first-order valence-electron chi connectivity index (χ1n) is 7.68. The van der Waals surface area contributed by atoms with Crippen molar-refractivity contribution < 1.29 is 22.8 Å². The maximum atomic E-state index is 12.2. The summed E-state index contributed by atoms with van der Waals surface area (Å²) in [6, 6.07) is 7.55. The maximum Gasteiger partial charge on any atom is 0.492 e. The van der Waals surface area contributed by atoms with Crippen molar-refractivity contribution in [1.29, 1.82) is 0 Å². The van der Waals surface area contributed by atoms with E-state index in [1.807, 2.05) is 24.3 Å². The maximum absolute atomic E-state index is 12.2. The first kappa shape index (κ1) is 17.8. The van der Waals surface area contributed by atoms with Gasteiger partial charge in [-0.2, -0.15) is 13.2 Å². The Kier molecular flexibility index (Phi) is 5.01. The molecule has 0 saturated carbocycles. The van der Waals surface area contributed by atoms with Gasteiger partial charge in [0, 0.05) is 41.8 Å². The molecule has 25 heavy (non-hydrogen) atoms. The highest BCUT2D eigenvalue weighted by Gasteiger charge is 2.42. The van der Waals surface area contributed by atoms with Crippen LogP contribution < -0.4 is 5.32 Å². The third-order valence-corrected chi connectivity index (χ3v) is 4.32. The van der Waals surface area contributed by atoms with Crippen LogP contribution in [0.25, 0.3) is 10.8 Å². The fourth-order valence-corrected chi connectivity index (χ4v) is 3.00. The molecule has 1 N–H and O–H groups in total. The Labute approximate surface area is 146 Å². The zero-order valence-corrected chi connectivity index (χ0v) is 13.8. The number of nitrogens with zero attached hydrogens (tertiary/aromatic N) is 2. The molecule has 3 rings (SSSR count). The van der Waals surface area contributed by atoms with Gasteiger partial charge < -0.3 is 10.2 Å². The molecule has 0 amide bonds. The summed E-state index contributed by atoms with van der Waals surface area (Å²) in [4.78, 5) is 19.3. The summed E-state index contributed by atoms with van der Waals surface area (Å²) in [7, 11) is 0. The van der Waals surface area contributed by atoms with Gasteiger partial charge in [0.1, 0.15) is 5.15 Å². The number of piperidine rings is 1. The van der Waals surface area contributed by atoms with Crippen molar-refractivity contribution in [3.05, 3.63) is 35.6 Å². The molecule has 0 spiro atoms. The van der Waals surface area contributed by atoms with Crippen LogP contribution in [-0.2, 0) is 9.63 Å². The number of aromatic nitrogens is 1. The topological polar surface area (TPSA) is 54.5 Å². The summed E-state index contributed by atoms with van der Waals surface area (Å²) < 4.78 is 36.7. The molecule has 9 heteroatoms. The highest BCUT2D eigenvalue weighted by Crippen LogP contribution is 2.29. The average Bonchev–Trinajstić information content (AvgIpc) is 2.57. The van der Waals surface area contributed by atoms with E-state index < -0.39 is 12.1 Å². The van der Waals surface area contributed by atoms with Gasteiger partial charge in [-0.3, -0.25) is 0 Å². The molecule has 2 aromatic rings. The predicted octanol–water partition coefficient (Wildman–Crippen LogP) is 3.79. The van der Waals surface area contributed by atoms with Crippen LogP contribution in [-0.4, -0.2) is 41.3 Å². The number of carbonyl (C=O) groups is 1. The average molecular weight is 374 g/mol. The van der Waals surface area contributed by atoms with Crippen LogP contribution in [0.3, 0.4) is 0 Å². The van der Waals surface area contributed by atoms with Gasteiger partial charge in [-0.25, -0.2) is 9.78 Å². The smallest absolute Gasteiger partial charge is 0.382 e. The molecule has 0 aliphatic carbocycles. The van der Waals surface area contributed by atoms with E-state index >= 15 is 0 Å². The zero-order valence-electron chi connectivity index (χ0n) is 13.0. The van der Waals surface area contributed by atoms with E-state index in [4.69, 9.17) is 11.6 Å². The van der Waals surface area contributed by atoms with E-state index in [-0.39, 0.29) is 19.1 Å².